The van der Waals surface area contributed by atoms with Crippen LogP contribution in [0.5, 0.6) is 11.5 Å². The molecule has 0 heterocycles. The number of hydrogen-bond donors (Lipinski definition) is 2. The van der Waals surface area contributed by atoms with Gasteiger partial charge in [-0.05, 0) is 72.6 Å². The molecule has 0 atom stereocenters. The van der Waals surface area contributed by atoms with Crippen molar-refractivity contribution in [2.24, 2.45) is 10.8 Å². The molecule has 2 N–H and O–H groups in total. The van der Waals surface area contributed by atoms with Gasteiger partial charge in [0.05, 0.1) is 0 Å². The van der Waals surface area contributed by atoms with E-state index in [9.17, 15) is 10.2 Å². The van der Waals surface area contributed by atoms with Crippen molar-refractivity contribution in [2.75, 3.05) is 0 Å². The second-order valence-electron chi connectivity index (χ2n) is 9.65. The molecule has 2 heteroatoms. The SMILES string of the molecule is CC(C)(C)CCCCc1cc(O)cc(CCCCC(C)(C)C)c1O. The molecule has 0 aliphatic heterocycles. The van der Waals surface area contributed by atoms with Gasteiger partial charge in [-0.25, -0.2) is 0 Å². The highest BCUT2D eigenvalue weighted by Gasteiger charge is 2.13. The third-order valence-electron chi connectivity index (χ3n) is 4.50. The minimum Gasteiger partial charge on any atom is -0.508 e. The van der Waals surface area contributed by atoms with Crippen molar-refractivity contribution < 1.29 is 10.2 Å². The van der Waals surface area contributed by atoms with E-state index in [1.54, 1.807) is 12.1 Å². The molecule has 0 aliphatic carbocycles. The lowest BCUT2D eigenvalue weighted by Crippen LogP contribution is -2.05. The highest BCUT2D eigenvalue weighted by atomic mass is 16.3. The lowest BCUT2D eigenvalue weighted by Gasteiger charge is -2.18. The number of rotatable bonds is 8. The molecule has 0 fully saturated rings. The molecule has 0 saturated heterocycles. The summed E-state index contributed by atoms with van der Waals surface area (Å²) >= 11 is 0. The maximum absolute atomic E-state index is 10.5. The van der Waals surface area contributed by atoms with E-state index in [1.165, 1.54) is 12.8 Å². The molecule has 0 spiro atoms. The molecule has 0 amide bonds. The number of aromatic hydroxyl groups is 2. The zero-order valence-corrected chi connectivity index (χ0v) is 16.7. The van der Waals surface area contributed by atoms with Gasteiger partial charge in [0, 0.05) is 0 Å². The van der Waals surface area contributed by atoms with Crippen LogP contribution >= 0.6 is 0 Å². The van der Waals surface area contributed by atoms with Gasteiger partial charge in [0.15, 0.2) is 0 Å². The van der Waals surface area contributed by atoms with Crippen LogP contribution in [0, 0.1) is 10.8 Å². The Morgan fingerprint density at radius 2 is 1.04 bits per heavy atom. The fourth-order valence-corrected chi connectivity index (χ4v) is 3.06. The van der Waals surface area contributed by atoms with Crippen molar-refractivity contribution in [3.05, 3.63) is 23.3 Å². The summed E-state index contributed by atoms with van der Waals surface area (Å²) in [5, 5.41) is 20.5. The van der Waals surface area contributed by atoms with Gasteiger partial charge in [0.1, 0.15) is 11.5 Å². The number of aryl methyl sites for hydroxylation is 2. The van der Waals surface area contributed by atoms with Gasteiger partial charge in [-0.2, -0.15) is 0 Å². The summed E-state index contributed by atoms with van der Waals surface area (Å²) in [6.07, 6.45) is 8.46. The van der Waals surface area contributed by atoms with Gasteiger partial charge in [-0.15, -0.1) is 0 Å². The molecule has 24 heavy (non-hydrogen) atoms. The van der Waals surface area contributed by atoms with Gasteiger partial charge >= 0.3 is 0 Å². The molecule has 0 aliphatic rings. The zero-order valence-electron chi connectivity index (χ0n) is 16.7. The molecule has 1 rings (SSSR count). The molecule has 0 saturated carbocycles. The Bertz CT molecular complexity index is 461. The number of phenols is 2. The summed E-state index contributed by atoms with van der Waals surface area (Å²) in [5.41, 5.74) is 2.52. The van der Waals surface area contributed by atoms with Crippen LogP contribution in [0.3, 0.4) is 0 Å². The fourth-order valence-electron chi connectivity index (χ4n) is 3.06. The summed E-state index contributed by atoms with van der Waals surface area (Å²) < 4.78 is 0. The third-order valence-corrected chi connectivity index (χ3v) is 4.50. The van der Waals surface area contributed by atoms with Crippen LogP contribution in [-0.2, 0) is 12.8 Å². The highest BCUT2D eigenvalue weighted by Crippen LogP contribution is 2.32. The molecule has 0 bridgehead atoms. The van der Waals surface area contributed by atoms with E-state index < -0.39 is 0 Å². The minimum atomic E-state index is 0.282. The Hall–Kier alpha value is -1.18. The van der Waals surface area contributed by atoms with Crippen molar-refractivity contribution in [3.63, 3.8) is 0 Å². The van der Waals surface area contributed by atoms with Crippen LogP contribution in [0.1, 0.15) is 91.2 Å². The number of hydrogen-bond acceptors (Lipinski definition) is 2. The predicted octanol–water partition coefficient (Wildman–Crippen LogP) is 6.62. The highest BCUT2D eigenvalue weighted by molar-refractivity contribution is 5.46. The van der Waals surface area contributed by atoms with Crippen molar-refractivity contribution in [3.8, 4) is 11.5 Å². The zero-order chi connectivity index (χ0) is 18.4. The Labute approximate surface area is 149 Å². The first-order valence-electron chi connectivity index (χ1n) is 9.52. The first kappa shape index (κ1) is 20.9. The monoisotopic (exact) mass is 334 g/mol. The minimum absolute atomic E-state index is 0.282. The van der Waals surface area contributed by atoms with Crippen molar-refractivity contribution in [2.45, 2.75) is 92.9 Å². The third kappa shape index (κ3) is 8.61. The first-order chi connectivity index (χ1) is 11.0. The van der Waals surface area contributed by atoms with Crippen molar-refractivity contribution in [1.82, 2.24) is 0 Å². The summed E-state index contributed by atoms with van der Waals surface area (Å²) in [7, 11) is 0. The first-order valence-corrected chi connectivity index (χ1v) is 9.52. The van der Waals surface area contributed by atoms with E-state index in [4.69, 9.17) is 0 Å². The summed E-state index contributed by atoms with van der Waals surface area (Å²) in [6.45, 7) is 13.6. The number of unbranched alkanes of at least 4 members (excludes halogenated alkanes) is 2. The van der Waals surface area contributed by atoms with E-state index >= 15 is 0 Å². The second-order valence-corrected chi connectivity index (χ2v) is 9.65. The second kappa shape index (κ2) is 8.78. The van der Waals surface area contributed by atoms with Crippen LogP contribution in [-0.4, -0.2) is 10.2 Å². The van der Waals surface area contributed by atoms with E-state index in [-0.39, 0.29) is 5.75 Å². The van der Waals surface area contributed by atoms with Crippen LogP contribution in [0.2, 0.25) is 0 Å². The largest absolute Gasteiger partial charge is 0.508 e. The normalized spacial score (nSPS) is 12.6. The van der Waals surface area contributed by atoms with Gasteiger partial charge < -0.3 is 10.2 Å². The molecular weight excluding hydrogens is 296 g/mol. The lowest BCUT2D eigenvalue weighted by atomic mass is 9.88. The number of benzene rings is 1. The van der Waals surface area contributed by atoms with E-state index in [0.717, 1.165) is 49.7 Å². The fraction of sp³-hybridized carbons (Fsp3) is 0.727. The lowest BCUT2D eigenvalue weighted by molar-refractivity contribution is 0.358. The van der Waals surface area contributed by atoms with Crippen LogP contribution in [0.25, 0.3) is 0 Å². The van der Waals surface area contributed by atoms with Crippen LogP contribution in [0.15, 0.2) is 12.1 Å². The maximum Gasteiger partial charge on any atom is 0.122 e. The molecular formula is C22H38O2. The molecule has 0 unspecified atom stereocenters. The van der Waals surface area contributed by atoms with Gasteiger partial charge in [0.25, 0.3) is 0 Å². The molecule has 1 aromatic rings. The molecule has 2 nitrogen and oxygen atoms in total. The summed E-state index contributed by atoms with van der Waals surface area (Å²) in [4.78, 5) is 0. The van der Waals surface area contributed by atoms with E-state index in [2.05, 4.69) is 41.5 Å². The smallest absolute Gasteiger partial charge is 0.122 e. The maximum atomic E-state index is 10.5. The quantitative estimate of drug-likeness (QED) is 0.414. The Balaban J connectivity index is 2.57. The summed E-state index contributed by atoms with van der Waals surface area (Å²) in [6, 6.07) is 3.45. The average Bonchev–Trinajstić information content (AvgIpc) is 2.41. The Morgan fingerprint density at radius 3 is 1.38 bits per heavy atom. The van der Waals surface area contributed by atoms with Gasteiger partial charge in [0.2, 0.25) is 0 Å². The van der Waals surface area contributed by atoms with Gasteiger partial charge in [-0.1, -0.05) is 54.4 Å². The van der Waals surface area contributed by atoms with Crippen LogP contribution < -0.4 is 0 Å². The molecule has 1 aromatic carbocycles. The topological polar surface area (TPSA) is 40.5 Å². The molecule has 138 valence electrons. The van der Waals surface area contributed by atoms with E-state index in [1.807, 2.05) is 0 Å². The van der Waals surface area contributed by atoms with Crippen LogP contribution in [0.4, 0.5) is 0 Å². The molecule has 0 aromatic heterocycles. The van der Waals surface area contributed by atoms with Gasteiger partial charge in [-0.3, -0.25) is 0 Å². The van der Waals surface area contributed by atoms with E-state index in [0.29, 0.717) is 16.6 Å². The standard InChI is InChI=1S/C22H38O2/c1-21(2,3)13-9-7-11-17-15-19(23)16-18(20(17)24)12-8-10-14-22(4,5)6/h15-16,23-24H,7-14H2,1-6H3. The summed E-state index contributed by atoms with van der Waals surface area (Å²) in [5.74, 6) is 0.684. The number of phenolic OH excluding ortho intramolecular Hbond substituents is 2. The van der Waals surface area contributed by atoms with Crippen molar-refractivity contribution in [1.29, 1.82) is 0 Å². The predicted molar refractivity (Wildman–Crippen MR) is 104 cm³/mol. The average molecular weight is 335 g/mol. The molecule has 0 radical (unpaired) electrons. The Morgan fingerprint density at radius 1 is 0.667 bits per heavy atom. The Kier molecular flexibility index (Phi) is 7.63. The van der Waals surface area contributed by atoms with Crippen molar-refractivity contribution >= 4 is 0 Å².